The molecule has 0 fully saturated rings. The zero-order chi connectivity index (χ0) is 9.80. The summed E-state index contributed by atoms with van der Waals surface area (Å²) in [7, 11) is 6.54. The van der Waals surface area contributed by atoms with Gasteiger partial charge >= 0.3 is 96.7 Å². The molecule has 14 heavy (non-hydrogen) atoms. The van der Waals surface area contributed by atoms with Crippen molar-refractivity contribution in [1.82, 2.24) is 0 Å². The maximum atomic E-state index is 6.54. The molecule has 2 aromatic rings. The molecule has 0 saturated heterocycles. The summed E-state index contributed by atoms with van der Waals surface area (Å²) < 4.78 is 2.70. The fourth-order valence-electron chi connectivity index (χ4n) is 1.34. The molecule has 2 rings (SSSR count). The van der Waals surface area contributed by atoms with E-state index in [1.54, 1.807) is 0 Å². The van der Waals surface area contributed by atoms with Crippen molar-refractivity contribution in [3.05, 3.63) is 60.7 Å². The summed E-state index contributed by atoms with van der Waals surface area (Å²) in [6.07, 6.45) is 0. The Morgan fingerprint density at radius 1 is 0.643 bits per heavy atom. The van der Waals surface area contributed by atoms with Gasteiger partial charge in [-0.15, -0.1) is 0 Å². The van der Waals surface area contributed by atoms with Crippen molar-refractivity contribution in [2.45, 2.75) is 0 Å². The molecule has 0 heterocycles. The van der Waals surface area contributed by atoms with Gasteiger partial charge in [0.2, 0.25) is 0 Å². The molecule has 0 N–H and O–H groups in total. The van der Waals surface area contributed by atoms with Gasteiger partial charge in [0.15, 0.2) is 0 Å². The number of benzene rings is 2. The van der Waals surface area contributed by atoms with E-state index in [1.807, 2.05) is 12.1 Å². The van der Waals surface area contributed by atoms with E-state index in [1.165, 1.54) is 6.25 Å². The first-order valence-corrected chi connectivity index (χ1v) is 13.2. The molecule has 1 radical (unpaired) electrons. The van der Waals surface area contributed by atoms with Crippen LogP contribution in [0.3, 0.4) is 0 Å². The van der Waals surface area contributed by atoms with Gasteiger partial charge < -0.3 is 0 Å². The van der Waals surface area contributed by atoms with Crippen LogP contribution < -0.4 is 6.25 Å². The summed E-state index contributed by atoms with van der Waals surface area (Å²) in [6, 6.07) is 20.9. The second kappa shape index (κ2) is 4.94. The van der Waals surface area contributed by atoms with Crippen LogP contribution >= 0.6 is 8.32 Å². The van der Waals surface area contributed by atoms with E-state index in [4.69, 9.17) is 8.32 Å². The van der Waals surface area contributed by atoms with Crippen LogP contribution in [0.25, 0.3) is 0 Å². The molecule has 2 heteroatoms. The Kier molecular flexibility index (Phi) is 3.59. The monoisotopic (exact) mass is 397 g/mol. The molecule has 0 aliphatic carbocycles. The van der Waals surface area contributed by atoms with Gasteiger partial charge in [-0.25, -0.2) is 0 Å². The van der Waals surface area contributed by atoms with Crippen LogP contribution in [0.15, 0.2) is 60.7 Å². The standard InChI is InChI=1S/2C6H5.ClH.Pb/c2*1-2-4-6-5-3-1;;/h2*1-5H;1H;/q;;;+1/p-1. The van der Waals surface area contributed by atoms with E-state index in [2.05, 4.69) is 48.5 Å². The van der Waals surface area contributed by atoms with E-state index < -0.39 is 21.5 Å². The van der Waals surface area contributed by atoms with Crippen molar-refractivity contribution in [1.29, 1.82) is 0 Å². The summed E-state index contributed by atoms with van der Waals surface area (Å²) >= 11 is -2.19. The number of halogens is 1. The molecule has 0 amide bonds. The first kappa shape index (κ1) is 10.2. The Morgan fingerprint density at radius 3 is 1.36 bits per heavy atom. The molecule has 0 aromatic heterocycles. The van der Waals surface area contributed by atoms with Crippen molar-refractivity contribution < 1.29 is 0 Å². The number of hydrogen-bond donors (Lipinski definition) is 0. The van der Waals surface area contributed by atoms with E-state index >= 15 is 0 Å². The Hall–Kier alpha value is -0.348. The Morgan fingerprint density at radius 2 is 1.00 bits per heavy atom. The quantitative estimate of drug-likeness (QED) is 0.681. The Labute approximate surface area is 96.1 Å². The topological polar surface area (TPSA) is 0 Å². The molecular weight excluding hydrogens is 387 g/mol. The second-order valence-electron chi connectivity index (χ2n) is 3.05. The van der Waals surface area contributed by atoms with Gasteiger partial charge in [0, 0.05) is 0 Å². The molecule has 0 spiro atoms. The van der Waals surface area contributed by atoms with Crippen LogP contribution in [0.2, 0.25) is 0 Å². The van der Waals surface area contributed by atoms with Crippen LogP contribution in [-0.4, -0.2) is 21.5 Å². The minimum atomic E-state index is -2.19. The summed E-state index contributed by atoms with van der Waals surface area (Å²) in [5, 5.41) is 0. The summed E-state index contributed by atoms with van der Waals surface area (Å²) in [5.74, 6) is 0. The third kappa shape index (κ3) is 2.36. The molecule has 0 nitrogen and oxygen atoms in total. The number of rotatable bonds is 2. The van der Waals surface area contributed by atoms with Gasteiger partial charge in [-0.05, 0) is 0 Å². The first-order chi connectivity index (χ1) is 6.88. The average Bonchev–Trinajstić information content (AvgIpc) is 2.30. The van der Waals surface area contributed by atoms with Crippen LogP contribution in [0.5, 0.6) is 0 Å². The SMILES string of the molecule is [Cl][Pb]([c]1ccccc1)[c]1ccccc1. The molecule has 0 aliphatic heterocycles. The average molecular weight is 397 g/mol. The molecule has 69 valence electrons. The minimum absolute atomic E-state index is 1.35. The van der Waals surface area contributed by atoms with Crippen molar-refractivity contribution in [3.8, 4) is 0 Å². The predicted octanol–water partition coefficient (Wildman–Crippen LogP) is 2.03. The molecule has 0 saturated carbocycles. The summed E-state index contributed by atoms with van der Waals surface area (Å²) in [6.45, 7) is 0. The molecular formula is C12H10ClPb. The first-order valence-electron chi connectivity index (χ1n) is 4.51. The molecule has 2 aromatic carbocycles. The van der Waals surface area contributed by atoms with Gasteiger partial charge in [-0.1, -0.05) is 0 Å². The van der Waals surface area contributed by atoms with E-state index in [-0.39, 0.29) is 0 Å². The van der Waals surface area contributed by atoms with Gasteiger partial charge in [-0.2, -0.15) is 0 Å². The van der Waals surface area contributed by atoms with E-state index in [9.17, 15) is 0 Å². The van der Waals surface area contributed by atoms with Gasteiger partial charge in [0.1, 0.15) is 0 Å². The van der Waals surface area contributed by atoms with Crippen LogP contribution in [-0.2, 0) is 0 Å². The third-order valence-electron chi connectivity index (χ3n) is 2.05. The fraction of sp³-hybridized carbons (Fsp3) is 0. The Bertz CT molecular complexity index is 346. The van der Waals surface area contributed by atoms with E-state index in [0.717, 1.165) is 0 Å². The van der Waals surface area contributed by atoms with Gasteiger partial charge in [-0.3, -0.25) is 0 Å². The van der Waals surface area contributed by atoms with Gasteiger partial charge in [0.05, 0.1) is 0 Å². The predicted molar refractivity (Wildman–Crippen MR) is 63.8 cm³/mol. The van der Waals surface area contributed by atoms with Crippen LogP contribution in [0.4, 0.5) is 0 Å². The zero-order valence-corrected chi connectivity index (χ0v) is 12.3. The normalized spacial score (nSPS) is 10.4. The second-order valence-corrected chi connectivity index (χ2v) is 13.3. The van der Waals surface area contributed by atoms with Crippen LogP contribution in [0.1, 0.15) is 0 Å². The maximum absolute atomic E-state index is 6.54. The molecule has 0 bridgehead atoms. The molecule has 0 atom stereocenters. The van der Waals surface area contributed by atoms with Crippen molar-refractivity contribution in [3.63, 3.8) is 0 Å². The van der Waals surface area contributed by atoms with Crippen LogP contribution in [0, 0.1) is 0 Å². The van der Waals surface area contributed by atoms with Crippen molar-refractivity contribution in [2.75, 3.05) is 0 Å². The number of hydrogen-bond acceptors (Lipinski definition) is 0. The summed E-state index contributed by atoms with van der Waals surface area (Å²) in [4.78, 5) is 0. The zero-order valence-electron chi connectivity index (χ0n) is 7.65. The van der Waals surface area contributed by atoms with Gasteiger partial charge in [0.25, 0.3) is 0 Å². The molecule has 0 aliphatic rings. The molecule has 0 unspecified atom stereocenters. The van der Waals surface area contributed by atoms with Crippen molar-refractivity contribution >= 4 is 36.0 Å². The van der Waals surface area contributed by atoms with E-state index in [0.29, 0.717) is 0 Å². The Balaban J connectivity index is 2.30. The summed E-state index contributed by atoms with van der Waals surface area (Å²) in [5.41, 5.74) is 0. The third-order valence-corrected chi connectivity index (χ3v) is 12.4. The van der Waals surface area contributed by atoms with Crippen molar-refractivity contribution in [2.24, 2.45) is 0 Å². The fourth-order valence-corrected chi connectivity index (χ4v) is 8.61.